The number of rotatable bonds is 3. The van der Waals surface area contributed by atoms with Crippen LogP contribution >= 0.6 is 11.8 Å². The van der Waals surface area contributed by atoms with Gasteiger partial charge in [-0.15, -0.1) is 0 Å². The van der Waals surface area contributed by atoms with Crippen LogP contribution in [0.3, 0.4) is 0 Å². The highest BCUT2D eigenvalue weighted by atomic mass is 32.2. The minimum atomic E-state index is -0.628. The molecule has 0 saturated carbocycles. The lowest BCUT2D eigenvalue weighted by atomic mass is 9.98. The van der Waals surface area contributed by atoms with Crippen LogP contribution in [0.25, 0.3) is 0 Å². The number of nitrogens with zero attached hydrogens (tertiary/aromatic N) is 1. The van der Waals surface area contributed by atoms with E-state index in [0.717, 1.165) is 25.6 Å². The van der Waals surface area contributed by atoms with Crippen LogP contribution in [0.4, 0.5) is 0 Å². The third kappa shape index (κ3) is 2.17. The molecule has 2 rings (SSSR count). The van der Waals surface area contributed by atoms with Gasteiger partial charge in [0.25, 0.3) is 0 Å². The third-order valence-corrected chi connectivity index (χ3v) is 4.08. The van der Waals surface area contributed by atoms with Crippen molar-refractivity contribution in [3.8, 4) is 0 Å². The normalized spacial score (nSPS) is 30.3. The molecule has 2 aliphatic heterocycles. The zero-order valence-electron chi connectivity index (χ0n) is 7.61. The Hall–Kier alpha value is -0.220. The Labute approximate surface area is 82.5 Å². The summed E-state index contributed by atoms with van der Waals surface area (Å²) in [6.07, 6.45) is 1.32. The largest absolute Gasteiger partial charge is 0.481 e. The van der Waals surface area contributed by atoms with Crippen LogP contribution < -0.4 is 0 Å². The van der Waals surface area contributed by atoms with E-state index in [1.54, 1.807) is 0 Å². The molecule has 0 amide bonds. The Morgan fingerprint density at radius 1 is 1.54 bits per heavy atom. The number of aliphatic carboxylic acids is 1. The van der Waals surface area contributed by atoms with E-state index in [4.69, 9.17) is 5.11 Å². The number of likely N-dealkylation sites (tertiary alicyclic amines) is 1. The molecule has 0 aliphatic carbocycles. The van der Waals surface area contributed by atoms with E-state index in [-0.39, 0.29) is 5.92 Å². The van der Waals surface area contributed by atoms with E-state index in [1.165, 1.54) is 17.9 Å². The molecule has 1 atom stereocenters. The van der Waals surface area contributed by atoms with Crippen LogP contribution in [0.5, 0.6) is 0 Å². The second kappa shape index (κ2) is 3.88. The summed E-state index contributed by atoms with van der Waals surface area (Å²) in [5, 5.41) is 8.68. The quantitative estimate of drug-likeness (QED) is 0.731. The molecule has 2 saturated heterocycles. The van der Waals surface area contributed by atoms with Gasteiger partial charge in [0.1, 0.15) is 0 Å². The first-order chi connectivity index (χ1) is 6.25. The number of thioether (sulfide) groups is 1. The lowest BCUT2D eigenvalue weighted by Crippen LogP contribution is -2.51. The van der Waals surface area contributed by atoms with Crippen LogP contribution in [-0.4, -0.2) is 47.1 Å². The number of carboxylic acid groups (broad SMARTS) is 1. The van der Waals surface area contributed by atoms with Crippen LogP contribution in [0.1, 0.15) is 6.42 Å². The second-order valence-electron chi connectivity index (χ2n) is 3.98. The molecule has 0 radical (unpaired) electrons. The minimum absolute atomic E-state index is 0.0888. The molecule has 0 bridgehead atoms. The summed E-state index contributed by atoms with van der Waals surface area (Å²) in [5.41, 5.74) is 0. The summed E-state index contributed by atoms with van der Waals surface area (Å²) in [5.74, 6) is 2.67. The molecule has 0 spiro atoms. The highest BCUT2D eigenvalue weighted by Gasteiger charge is 2.33. The average molecular weight is 201 g/mol. The molecule has 3 nitrogen and oxygen atoms in total. The van der Waals surface area contributed by atoms with E-state index < -0.39 is 5.97 Å². The van der Waals surface area contributed by atoms with Crippen molar-refractivity contribution in [2.45, 2.75) is 6.42 Å². The van der Waals surface area contributed by atoms with Crippen LogP contribution in [-0.2, 0) is 4.79 Å². The maximum atomic E-state index is 10.5. The molecular formula is C9H15NO2S. The van der Waals surface area contributed by atoms with Crippen molar-refractivity contribution in [3.05, 3.63) is 0 Å². The first-order valence-electron chi connectivity index (χ1n) is 4.78. The topological polar surface area (TPSA) is 40.5 Å². The molecule has 4 heteroatoms. The summed E-state index contributed by atoms with van der Waals surface area (Å²) in [6.45, 7) is 2.67. The predicted molar refractivity (Wildman–Crippen MR) is 53.0 cm³/mol. The van der Waals surface area contributed by atoms with Crippen molar-refractivity contribution in [2.24, 2.45) is 11.8 Å². The Morgan fingerprint density at radius 2 is 2.31 bits per heavy atom. The molecule has 13 heavy (non-hydrogen) atoms. The summed E-state index contributed by atoms with van der Waals surface area (Å²) >= 11 is 2.02. The van der Waals surface area contributed by atoms with Gasteiger partial charge in [0.2, 0.25) is 0 Å². The predicted octanol–water partition coefficient (Wildman–Crippen LogP) is 0.756. The Kier molecular flexibility index (Phi) is 2.79. The smallest absolute Gasteiger partial charge is 0.309 e. The maximum Gasteiger partial charge on any atom is 0.309 e. The Balaban J connectivity index is 1.66. The fourth-order valence-electron chi connectivity index (χ4n) is 1.97. The SMILES string of the molecule is O=C(O)C1CN(CC2CCSC2)C1. The number of hydrogen-bond acceptors (Lipinski definition) is 3. The van der Waals surface area contributed by atoms with Crippen molar-refractivity contribution in [1.29, 1.82) is 0 Å². The lowest BCUT2D eigenvalue weighted by molar-refractivity contribution is -0.147. The van der Waals surface area contributed by atoms with E-state index in [2.05, 4.69) is 4.90 Å². The van der Waals surface area contributed by atoms with Gasteiger partial charge in [0, 0.05) is 19.6 Å². The fraction of sp³-hybridized carbons (Fsp3) is 0.889. The molecule has 0 aromatic carbocycles. The van der Waals surface area contributed by atoms with Crippen LogP contribution in [0.2, 0.25) is 0 Å². The third-order valence-electron chi connectivity index (χ3n) is 2.85. The Morgan fingerprint density at radius 3 is 2.85 bits per heavy atom. The van der Waals surface area contributed by atoms with E-state index >= 15 is 0 Å². The minimum Gasteiger partial charge on any atom is -0.481 e. The van der Waals surface area contributed by atoms with Crippen LogP contribution in [0, 0.1) is 11.8 Å². The van der Waals surface area contributed by atoms with Gasteiger partial charge in [-0.3, -0.25) is 4.79 Å². The van der Waals surface area contributed by atoms with Gasteiger partial charge in [-0.25, -0.2) is 0 Å². The number of carboxylic acids is 1. The van der Waals surface area contributed by atoms with Crippen molar-refractivity contribution >= 4 is 17.7 Å². The van der Waals surface area contributed by atoms with Crippen molar-refractivity contribution in [3.63, 3.8) is 0 Å². The summed E-state index contributed by atoms with van der Waals surface area (Å²) < 4.78 is 0. The average Bonchev–Trinajstić information content (AvgIpc) is 2.46. The maximum absolute atomic E-state index is 10.5. The zero-order chi connectivity index (χ0) is 9.26. The molecule has 2 heterocycles. The number of hydrogen-bond donors (Lipinski definition) is 1. The van der Waals surface area contributed by atoms with Crippen molar-refractivity contribution in [1.82, 2.24) is 4.90 Å². The standard InChI is InChI=1S/C9H15NO2S/c11-9(12)8-4-10(5-8)3-7-1-2-13-6-7/h7-8H,1-6H2,(H,11,12). The summed E-state index contributed by atoms with van der Waals surface area (Å²) in [6, 6.07) is 0. The second-order valence-corrected chi connectivity index (χ2v) is 5.13. The fourth-order valence-corrected chi connectivity index (χ4v) is 3.24. The first kappa shape index (κ1) is 9.34. The van der Waals surface area contributed by atoms with E-state index in [1.807, 2.05) is 11.8 Å². The molecule has 1 unspecified atom stereocenters. The molecular weight excluding hydrogens is 186 g/mol. The highest BCUT2D eigenvalue weighted by Crippen LogP contribution is 2.26. The molecule has 0 aromatic rings. The van der Waals surface area contributed by atoms with Gasteiger partial charge in [-0.05, 0) is 23.8 Å². The van der Waals surface area contributed by atoms with Gasteiger partial charge < -0.3 is 10.0 Å². The van der Waals surface area contributed by atoms with Crippen LogP contribution in [0.15, 0.2) is 0 Å². The lowest BCUT2D eigenvalue weighted by Gasteiger charge is -2.38. The summed E-state index contributed by atoms with van der Waals surface area (Å²) in [4.78, 5) is 12.8. The van der Waals surface area contributed by atoms with Crippen molar-refractivity contribution < 1.29 is 9.90 Å². The number of carbonyl (C=O) groups is 1. The highest BCUT2D eigenvalue weighted by molar-refractivity contribution is 7.99. The first-order valence-corrected chi connectivity index (χ1v) is 5.94. The summed E-state index contributed by atoms with van der Waals surface area (Å²) in [7, 11) is 0. The molecule has 2 aliphatic rings. The van der Waals surface area contributed by atoms with E-state index in [9.17, 15) is 4.79 Å². The van der Waals surface area contributed by atoms with Gasteiger partial charge in [0.05, 0.1) is 5.92 Å². The molecule has 1 N–H and O–H groups in total. The van der Waals surface area contributed by atoms with Gasteiger partial charge >= 0.3 is 5.97 Å². The molecule has 0 aromatic heterocycles. The molecule has 2 fully saturated rings. The monoisotopic (exact) mass is 201 g/mol. The Bertz CT molecular complexity index is 198. The van der Waals surface area contributed by atoms with Gasteiger partial charge in [-0.2, -0.15) is 11.8 Å². The van der Waals surface area contributed by atoms with Gasteiger partial charge in [0.15, 0.2) is 0 Å². The van der Waals surface area contributed by atoms with Crippen molar-refractivity contribution in [2.75, 3.05) is 31.1 Å². The van der Waals surface area contributed by atoms with E-state index in [0.29, 0.717) is 0 Å². The zero-order valence-corrected chi connectivity index (χ0v) is 8.42. The molecule has 74 valence electrons. The van der Waals surface area contributed by atoms with Gasteiger partial charge in [-0.1, -0.05) is 0 Å².